The molecular formula is C16H12Br2O3. The van der Waals surface area contributed by atoms with Gasteiger partial charge in [0.2, 0.25) is 0 Å². The lowest BCUT2D eigenvalue weighted by atomic mass is 10.2. The predicted octanol–water partition coefficient (Wildman–Crippen LogP) is 4.89. The Morgan fingerprint density at radius 3 is 2.57 bits per heavy atom. The van der Waals surface area contributed by atoms with Crippen molar-refractivity contribution in [2.45, 2.75) is 6.61 Å². The Labute approximate surface area is 139 Å². The van der Waals surface area contributed by atoms with Crippen LogP contribution in [0.25, 0.3) is 6.08 Å². The van der Waals surface area contributed by atoms with Gasteiger partial charge in [0, 0.05) is 16.1 Å². The zero-order valence-corrected chi connectivity index (χ0v) is 14.1. The van der Waals surface area contributed by atoms with Gasteiger partial charge < -0.3 is 9.84 Å². The molecule has 21 heavy (non-hydrogen) atoms. The van der Waals surface area contributed by atoms with Crippen LogP contribution in [0.15, 0.2) is 57.5 Å². The first-order chi connectivity index (χ1) is 10.1. The zero-order valence-electron chi connectivity index (χ0n) is 10.9. The Balaban J connectivity index is 2.26. The van der Waals surface area contributed by atoms with Crippen LogP contribution < -0.4 is 4.74 Å². The molecule has 0 aliphatic carbocycles. The molecule has 0 aromatic heterocycles. The lowest BCUT2D eigenvalue weighted by molar-refractivity contribution is -0.131. The lowest BCUT2D eigenvalue weighted by Gasteiger charge is -2.12. The van der Waals surface area contributed by atoms with Crippen molar-refractivity contribution >= 4 is 43.9 Å². The van der Waals surface area contributed by atoms with E-state index < -0.39 is 5.97 Å². The number of carbonyl (C=O) groups is 1. The predicted molar refractivity (Wildman–Crippen MR) is 89.3 cm³/mol. The minimum Gasteiger partial charge on any atom is -0.487 e. The van der Waals surface area contributed by atoms with E-state index in [1.54, 1.807) is 0 Å². The van der Waals surface area contributed by atoms with Gasteiger partial charge in [0.25, 0.3) is 0 Å². The van der Waals surface area contributed by atoms with Gasteiger partial charge in [-0.3, -0.25) is 0 Å². The number of hydrogen-bond donors (Lipinski definition) is 1. The quantitative estimate of drug-likeness (QED) is 0.712. The number of ether oxygens (including phenoxy) is 1. The number of aliphatic carboxylic acids is 1. The topological polar surface area (TPSA) is 46.5 Å². The highest BCUT2D eigenvalue weighted by molar-refractivity contribution is 9.11. The van der Waals surface area contributed by atoms with Gasteiger partial charge in [-0.15, -0.1) is 0 Å². The van der Waals surface area contributed by atoms with Crippen LogP contribution in [0.1, 0.15) is 11.1 Å². The van der Waals surface area contributed by atoms with Gasteiger partial charge in [0.1, 0.15) is 12.4 Å². The van der Waals surface area contributed by atoms with E-state index in [-0.39, 0.29) is 0 Å². The third-order valence-corrected chi connectivity index (χ3v) is 3.72. The highest BCUT2D eigenvalue weighted by Crippen LogP contribution is 2.34. The maximum absolute atomic E-state index is 10.7. The smallest absolute Gasteiger partial charge is 0.328 e. The molecule has 0 atom stereocenters. The number of hydrogen-bond acceptors (Lipinski definition) is 2. The molecule has 0 amide bonds. The first kappa shape index (κ1) is 15.8. The van der Waals surface area contributed by atoms with E-state index in [1.165, 1.54) is 6.08 Å². The van der Waals surface area contributed by atoms with Crippen molar-refractivity contribution in [2.24, 2.45) is 0 Å². The van der Waals surface area contributed by atoms with E-state index >= 15 is 0 Å². The summed E-state index contributed by atoms with van der Waals surface area (Å²) in [5, 5.41) is 8.76. The Kier molecular flexibility index (Phi) is 5.59. The second-order valence-electron chi connectivity index (χ2n) is 4.25. The van der Waals surface area contributed by atoms with Crippen LogP contribution in [0.3, 0.4) is 0 Å². The second kappa shape index (κ2) is 7.43. The van der Waals surface area contributed by atoms with Crippen molar-refractivity contribution < 1.29 is 14.6 Å². The van der Waals surface area contributed by atoms with Crippen LogP contribution in [0, 0.1) is 0 Å². The molecule has 5 heteroatoms. The van der Waals surface area contributed by atoms with E-state index in [9.17, 15) is 4.79 Å². The SMILES string of the molecule is O=C(O)C=Cc1cc(Br)cc(Br)c1OCc1ccccc1. The number of benzene rings is 2. The summed E-state index contributed by atoms with van der Waals surface area (Å²) in [5.74, 6) is -0.389. The monoisotopic (exact) mass is 410 g/mol. The molecule has 2 aromatic carbocycles. The fourth-order valence-electron chi connectivity index (χ4n) is 1.75. The van der Waals surface area contributed by atoms with E-state index in [2.05, 4.69) is 31.9 Å². The van der Waals surface area contributed by atoms with Gasteiger partial charge >= 0.3 is 5.97 Å². The van der Waals surface area contributed by atoms with Crippen molar-refractivity contribution in [2.75, 3.05) is 0 Å². The van der Waals surface area contributed by atoms with Crippen molar-refractivity contribution in [3.8, 4) is 5.75 Å². The highest BCUT2D eigenvalue weighted by Gasteiger charge is 2.09. The molecule has 0 unspecified atom stereocenters. The summed E-state index contributed by atoms with van der Waals surface area (Å²) < 4.78 is 7.43. The molecule has 0 heterocycles. The molecule has 0 saturated heterocycles. The molecule has 0 aliphatic rings. The number of halogens is 2. The maximum atomic E-state index is 10.7. The van der Waals surface area contributed by atoms with Crippen molar-refractivity contribution in [1.29, 1.82) is 0 Å². The normalized spacial score (nSPS) is 10.8. The molecule has 2 rings (SSSR count). The maximum Gasteiger partial charge on any atom is 0.328 e. The fourth-order valence-corrected chi connectivity index (χ4v) is 3.12. The third kappa shape index (κ3) is 4.72. The Morgan fingerprint density at radius 2 is 1.90 bits per heavy atom. The van der Waals surface area contributed by atoms with Crippen LogP contribution in [0.5, 0.6) is 5.75 Å². The molecule has 0 saturated carbocycles. The van der Waals surface area contributed by atoms with Gasteiger partial charge in [0.15, 0.2) is 0 Å². The van der Waals surface area contributed by atoms with E-state index in [0.717, 1.165) is 20.6 Å². The van der Waals surface area contributed by atoms with Crippen molar-refractivity contribution in [3.05, 3.63) is 68.6 Å². The van der Waals surface area contributed by atoms with E-state index in [0.29, 0.717) is 17.9 Å². The van der Waals surface area contributed by atoms with Gasteiger partial charge in [-0.1, -0.05) is 46.3 Å². The first-order valence-electron chi connectivity index (χ1n) is 6.13. The fraction of sp³-hybridized carbons (Fsp3) is 0.0625. The molecule has 0 spiro atoms. The van der Waals surface area contributed by atoms with Crippen molar-refractivity contribution in [1.82, 2.24) is 0 Å². The van der Waals surface area contributed by atoms with Gasteiger partial charge in [0.05, 0.1) is 4.47 Å². The molecule has 0 fully saturated rings. The zero-order chi connectivity index (χ0) is 15.2. The first-order valence-corrected chi connectivity index (χ1v) is 7.71. The van der Waals surface area contributed by atoms with Crippen LogP contribution >= 0.6 is 31.9 Å². The van der Waals surface area contributed by atoms with Gasteiger partial charge in [-0.25, -0.2) is 4.79 Å². The number of carboxylic acids is 1. The second-order valence-corrected chi connectivity index (χ2v) is 6.02. The van der Waals surface area contributed by atoms with Crippen LogP contribution in [-0.2, 0) is 11.4 Å². The average Bonchev–Trinajstić information content (AvgIpc) is 2.45. The molecule has 3 nitrogen and oxygen atoms in total. The minimum atomic E-state index is -1.000. The molecule has 0 aliphatic heterocycles. The minimum absolute atomic E-state index is 0.412. The van der Waals surface area contributed by atoms with Crippen LogP contribution in [0.2, 0.25) is 0 Å². The molecule has 0 radical (unpaired) electrons. The van der Waals surface area contributed by atoms with E-state index in [4.69, 9.17) is 9.84 Å². The largest absolute Gasteiger partial charge is 0.487 e. The summed E-state index contributed by atoms with van der Waals surface area (Å²) in [6.07, 6.45) is 2.60. The van der Waals surface area contributed by atoms with Crippen LogP contribution in [0.4, 0.5) is 0 Å². The molecule has 0 bridgehead atoms. The molecule has 1 N–H and O–H groups in total. The Hall–Kier alpha value is -1.59. The number of rotatable bonds is 5. The summed E-state index contributed by atoms with van der Waals surface area (Å²) in [6, 6.07) is 13.4. The van der Waals surface area contributed by atoms with Gasteiger partial charge in [-0.2, -0.15) is 0 Å². The summed E-state index contributed by atoms with van der Waals surface area (Å²) in [4.78, 5) is 10.7. The third-order valence-electron chi connectivity index (χ3n) is 2.67. The Bertz CT molecular complexity index is 667. The summed E-state index contributed by atoms with van der Waals surface area (Å²) in [5.41, 5.74) is 1.73. The molecule has 2 aromatic rings. The molecular weight excluding hydrogens is 400 g/mol. The summed E-state index contributed by atoms with van der Waals surface area (Å²) in [6.45, 7) is 0.412. The molecule has 108 valence electrons. The summed E-state index contributed by atoms with van der Waals surface area (Å²) >= 11 is 6.83. The lowest BCUT2D eigenvalue weighted by Crippen LogP contribution is -1.98. The summed E-state index contributed by atoms with van der Waals surface area (Å²) in [7, 11) is 0. The standard InChI is InChI=1S/C16H12Br2O3/c17-13-8-12(6-7-15(19)20)16(14(18)9-13)21-10-11-4-2-1-3-5-11/h1-9H,10H2,(H,19,20). The average molecular weight is 412 g/mol. The Morgan fingerprint density at radius 1 is 1.19 bits per heavy atom. The number of carboxylic acid groups (broad SMARTS) is 1. The van der Waals surface area contributed by atoms with Crippen molar-refractivity contribution in [3.63, 3.8) is 0 Å². The van der Waals surface area contributed by atoms with E-state index in [1.807, 2.05) is 42.5 Å². The van der Waals surface area contributed by atoms with Crippen LogP contribution in [-0.4, -0.2) is 11.1 Å². The highest BCUT2D eigenvalue weighted by atomic mass is 79.9. The van der Waals surface area contributed by atoms with Gasteiger partial charge in [-0.05, 0) is 39.7 Å².